The monoisotopic (exact) mass is 227 g/mol. The molecule has 0 spiro atoms. The zero-order chi connectivity index (χ0) is 12.0. The molecule has 2 amide bonds. The number of nitrogens with zero attached hydrogens (tertiary/aromatic N) is 1. The van der Waals surface area contributed by atoms with Crippen molar-refractivity contribution >= 4 is 18.3 Å². The van der Waals surface area contributed by atoms with E-state index < -0.39 is 6.04 Å². The Labute approximate surface area is 93.9 Å². The molecule has 1 N–H and O–H groups in total. The molecule has 1 atom stereocenters. The van der Waals surface area contributed by atoms with Crippen LogP contribution in [0.3, 0.4) is 0 Å². The van der Waals surface area contributed by atoms with E-state index in [9.17, 15) is 14.4 Å². The molecule has 1 radical (unpaired) electrons. The third kappa shape index (κ3) is 2.95. The van der Waals surface area contributed by atoms with E-state index in [2.05, 4.69) is 5.32 Å². The maximum Gasteiger partial charge on any atom is 0.328 e. The van der Waals surface area contributed by atoms with Gasteiger partial charge in [0.05, 0.1) is 6.61 Å². The zero-order valence-corrected chi connectivity index (χ0v) is 9.19. The van der Waals surface area contributed by atoms with Crippen molar-refractivity contribution < 1.29 is 19.1 Å². The summed E-state index contributed by atoms with van der Waals surface area (Å²) < 4.78 is 4.88. The average molecular weight is 227 g/mol. The Kier molecular flexibility index (Phi) is 4.75. The topological polar surface area (TPSA) is 75.7 Å². The molecule has 1 saturated heterocycles. The molecule has 16 heavy (non-hydrogen) atoms. The lowest BCUT2D eigenvalue weighted by atomic mass is 10.2. The predicted octanol–water partition coefficient (Wildman–Crippen LogP) is -0.803. The predicted molar refractivity (Wildman–Crippen MR) is 55.1 cm³/mol. The lowest BCUT2D eigenvalue weighted by molar-refractivity contribution is -0.151. The summed E-state index contributed by atoms with van der Waals surface area (Å²) in [7, 11) is 0. The lowest BCUT2D eigenvalue weighted by Crippen LogP contribution is -2.42. The minimum absolute atomic E-state index is 0.0780. The van der Waals surface area contributed by atoms with Gasteiger partial charge in [-0.25, -0.2) is 4.79 Å². The Bertz CT molecular complexity index is 280. The summed E-state index contributed by atoms with van der Waals surface area (Å²) in [4.78, 5) is 34.4. The molecule has 0 aliphatic carbocycles. The Morgan fingerprint density at radius 1 is 1.69 bits per heavy atom. The number of amides is 2. The van der Waals surface area contributed by atoms with E-state index in [4.69, 9.17) is 4.74 Å². The van der Waals surface area contributed by atoms with E-state index in [0.717, 1.165) is 0 Å². The van der Waals surface area contributed by atoms with Crippen LogP contribution in [0.1, 0.15) is 19.8 Å². The summed E-state index contributed by atoms with van der Waals surface area (Å²) >= 11 is 0. The Morgan fingerprint density at radius 3 is 3.06 bits per heavy atom. The third-order valence-electron chi connectivity index (χ3n) is 2.44. The van der Waals surface area contributed by atoms with Crippen LogP contribution in [0, 0.1) is 0 Å². The number of esters is 1. The van der Waals surface area contributed by atoms with Crippen molar-refractivity contribution in [1.29, 1.82) is 0 Å². The minimum atomic E-state index is -0.499. The molecular formula is C10H15N2O4. The first-order valence-corrected chi connectivity index (χ1v) is 5.26. The van der Waals surface area contributed by atoms with E-state index in [-0.39, 0.29) is 11.9 Å². The standard InChI is InChI=1S/C10H15N2O4/c1-2-16-10(15)8-3-4-9(14)12(8)6-5-11-7-13/h8H,2-6H2,1H3,(H,11,13). The molecule has 1 aliphatic rings. The van der Waals surface area contributed by atoms with E-state index in [0.29, 0.717) is 32.5 Å². The van der Waals surface area contributed by atoms with Crippen LogP contribution in [-0.2, 0) is 19.1 Å². The number of ether oxygens (including phenoxy) is 1. The molecule has 6 nitrogen and oxygen atoms in total. The molecule has 1 unspecified atom stereocenters. The lowest BCUT2D eigenvalue weighted by Gasteiger charge is -2.22. The van der Waals surface area contributed by atoms with Crippen molar-refractivity contribution in [3.63, 3.8) is 0 Å². The molecule has 1 heterocycles. The van der Waals surface area contributed by atoms with Gasteiger partial charge in [-0.15, -0.1) is 0 Å². The van der Waals surface area contributed by atoms with Gasteiger partial charge in [-0.3, -0.25) is 9.59 Å². The van der Waals surface area contributed by atoms with Crippen molar-refractivity contribution in [1.82, 2.24) is 10.2 Å². The van der Waals surface area contributed by atoms with Crippen LogP contribution in [-0.4, -0.2) is 48.9 Å². The second-order valence-electron chi connectivity index (χ2n) is 3.42. The fraction of sp³-hybridized carbons (Fsp3) is 0.700. The minimum Gasteiger partial charge on any atom is -0.464 e. The van der Waals surface area contributed by atoms with Crippen LogP contribution in [0.4, 0.5) is 0 Å². The van der Waals surface area contributed by atoms with Crippen molar-refractivity contribution in [3.05, 3.63) is 0 Å². The van der Waals surface area contributed by atoms with Crippen molar-refractivity contribution in [2.75, 3.05) is 19.7 Å². The quantitative estimate of drug-likeness (QED) is 0.366. The first-order valence-electron chi connectivity index (χ1n) is 5.26. The van der Waals surface area contributed by atoms with Gasteiger partial charge in [0.1, 0.15) is 6.04 Å². The van der Waals surface area contributed by atoms with Crippen molar-refractivity contribution in [2.45, 2.75) is 25.8 Å². The molecule has 0 bridgehead atoms. The Balaban J connectivity index is 2.51. The van der Waals surface area contributed by atoms with Crippen LogP contribution in [0.25, 0.3) is 0 Å². The summed E-state index contributed by atoms with van der Waals surface area (Å²) in [5.74, 6) is -0.450. The van der Waals surface area contributed by atoms with Crippen LogP contribution in [0.5, 0.6) is 0 Å². The van der Waals surface area contributed by atoms with Crippen LogP contribution in [0.15, 0.2) is 0 Å². The smallest absolute Gasteiger partial charge is 0.328 e. The summed E-state index contributed by atoms with van der Waals surface area (Å²) in [6, 6.07) is -0.499. The number of rotatable bonds is 6. The SMILES string of the molecule is CCOC(=O)C1CCC(=O)N1CCN[C]=O. The van der Waals surface area contributed by atoms with Gasteiger partial charge in [0.2, 0.25) is 5.91 Å². The number of hydrogen-bond acceptors (Lipinski definition) is 4. The maximum atomic E-state index is 11.5. The van der Waals surface area contributed by atoms with Crippen LogP contribution < -0.4 is 5.32 Å². The molecule has 1 fully saturated rings. The third-order valence-corrected chi connectivity index (χ3v) is 2.44. The molecule has 0 saturated carbocycles. The van der Waals surface area contributed by atoms with Gasteiger partial charge in [-0.2, -0.15) is 0 Å². The fourth-order valence-corrected chi connectivity index (χ4v) is 1.72. The van der Waals surface area contributed by atoms with Crippen LogP contribution in [0.2, 0.25) is 0 Å². The zero-order valence-electron chi connectivity index (χ0n) is 9.19. The van der Waals surface area contributed by atoms with Crippen molar-refractivity contribution in [3.8, 4) is 0 Å². The van der Waals surface area contributed by atoms with Crippen molar-refractivity contribution in [2.24, 2.45) is 0 Å². The first kappa shape index (κ1) is 12.5. The number of carbonyl (C=O) groups excluding carboxylic acids is 3. The molecule has 0 aromatic carbocycles. The van der Waals surface area contributed by atoms with Gasteiger partial charge in [0, 0.05) is 19.5 Å². The highest BCUT2D eigenvalue weighted by Crippen LogP contribution is 2.19. The molecule has 6 heteroatoms. The second kappa shape index (κ2) is 6.09. The van der Waals surface area contributed by atoms with E-state index >= 15 is 0 Å². The highest BCUT2D eigenvalue weighted by molar-refractivity contribution is 5.88. The highest BCUT2D eigenvalue weighted by Gasteiger charge is 2.36. The normalized spacial score (nSPS) is 19.7. The van der Waals surface area contributed by atoms with Gasteiger partial charge in [-0.1, -0.05) is 0 Å². The molecule has 0 aromatic rings. The number of hydrogen-bond donors (Lipinski definition) is 1. The largest absolute Gasteiger partial charge is 0.464 e. The highest BCUT2D eigenvalue weighted by atomic mass is 16.5. The first-order chi connectivity index (χ1) is 7.70. The fourth-order valence-electron chi connectivity index (χ4n) is 1.72. The molecule has 89 valence electrons. The maximum absolute atomic E-state index is 11.5. The number of carbonyl (C=O) groups is 2. The van der Waals surface area contributed by atoms with Gasteiger partial charge in [0.15, 0.2) is 0 Å². The second-order valence-corrected chi connectivity index (χ2v) is 3.42. The van der Waals surface area contributed by atoms with Gasteiger partial charge >= 0.3 is 12.4 Å². The van der Waals surface area contributed by atoms with E-state index in [1.165, 1.54) is 11.3 Å². The van der Waals surface area contributed by atoms with E-state index in [1.54, 1.807) is 6.92 Å². The average Bonchev–Trinajstić information content (AvgIpc) is 2.61. The Hall–Kier alpha value is -1.59. The number of likely N-dealkylation sites (tertiary alicyclic amines) is 1. The molecule has 1 rings (SSSR count). The van der Waals surface area contributed by atoms with Crippen LogP contribution >= 0.6 is 0 Å². The molecule has 1 aliphatic heterocycles. The molecular weight excluding hydrogens is 212 g/mol. The number of nitrogens with one attached hydrogen (secondary N) is 1. The molecule has 0 aromatic heterocycles. The summed E-state index contributed by atoms with van der Waals surface area (Å²) in [5.41, 5.74) is 0. The van der Waals surface area contributed by atoms with Gasteiger partial charge in [0.25, 0.3) is 0 Å². The van der Waals surface area contributed by atoms with Gasteiger partial charge < -0.3 is 15.0 Å². The summed E-state index contributed by atoms with van der Waals surface area (Å²) in [6.45, 7) is 2.64. The summed E-state index contributed by atoms with van der Waals surface area (Å²) in [5, 5.41) is 2.34. The summed E-state index contributed by atoms with van der Waals surface area (Å²) in [6.07, 6.45) is 2.37. The van der Waals surface area contributed by atoms with E-state index in [1.807, 2.05) is 0 Å². The van der Waals surface area contributed by atoms with Gasteiger partial charge in [-0.05, 0) is 13.3 Å². The Morgan fingerprint density at radius 2 is 2.44 bits per heavy atom.